The maximum absolute atomic E-state index is 10.3. The van der Waals surface area contributed by atoms with Crippen LogP contribution in [0, 0.1) is 5.92 Å². The summed E-state index contributed by atoms with van der Waals surface area (Å²) >= 11 is 0. The summed E-state index contributed by atoms with van der Waals surface area (Å²) in [7, 11) is 4.34. The molecule has 1 saturated carbocycles. The summed E-state index contributed by atoms with van der Waals surface area (Å²) in [5, 5.41) is 10.3. The first-order valence-corrected chi connectivity index (χ1v) is 7.23. The molecule has 3 nitrogen and oxygen atoms in total. The summed E-state index contributed by atoms with van der Waals surface area (Å²) in [6, 6.07) is 0.680. The first kappa shape index (κ1) is 13.3. The number of aliphatic hydroxyl groups is 1. The van der Waals surface area contributed by atoms with Crippen LogP contribution < -0.4 is 0 Å². The lowest BCUT2D eigenvalue weighted by Crippen LogP contribution is -2.48. The predicted octanol–water partition coefficient (Wildman–Crippen LogP) is 1.56. The number of β-amino-alcohol motifs (C(OH)–C–C–N with tert-alkyl or cyclic N) is 1. The van der Waals surface area contributed by atoms with Crippen LogP contribution in [0.3, 0.4) is 0 Å². The monoisotopic (exact) mass is 240 g/mol. The van der Waals surface area contributed by atoms with Gasteiger partial charge in [0.05, 0.1) is 6.10 Å². The molecule has 0 aromatic carbocycles. The molecule has 3 heteroatoms. The van der Waals surface area contributed by atoms with Gasteiger partial charge in [0.1, 0.15) is 0 Å². The molecule has 0 aromatic rings. The zero-order valence-corrected chi connectivity index (χ0v) is 11.4. The van der Waals surface area contributed by atoms with Crippen molar-refractivity contribution in [1.29, 1.82) is 0 Å². The molecule has 100 valence electrons. The summed E-state index contributed by atoms with van der Waals surface area (Å²) in [5.74, 6) is 0.578. The van der Waals surface area contributed by atoms with Gasteiger partial charge in [-0.3, -0.25) is 4.90 Å². The Bertz CT molecular complexity index is 226. The summed E-state index contributed by atoms with van der Waals surface area (Å²) in [4.78, 5) is 4.80. The Balaban J connectivity index is 1.77. The molecule has 17 heavy (non-hydrogen) atoms. The molecule has 0 aromatic heterocycles. The van der Waals surface area contributed by atoms with Gasteiger partial charge >= 0.3 is 0 Å². The van der Waals surface area contributed by atoms with E-state index in [1.807, 2.05) is 0 Å². The van der Waals surface area contributed by atoms with Gasteiger partial charge in [-0.2, -0.15) is 0 Å². The lowest BCUT2D eigenvalue weighted by Gasteiger charge is -2.37. The van der Waals surface area contributed by atoms with Crippen molar-refractivity contribution >= 4 is 0 Å². The molecule has 2 aliphatic rings. The van der Waals surface area contributed by atoms with E-state index in [-0.39, 0.29) is 6.10 Å². The minimum absolute atomic E-state index is 0.0848. The van der Waals surface area contributed by atoms with Crippen molar-refractivity contribution in [1.82, 2.24) is 9.80 Å². The molecule has 0 amide bonds. The smallest absolute Gasteiger partial charge is 0.0695 e. The Hall–Kier alpha value is -0.120. The van der Waals surface area contributed by atoms with Gasteiger partial charge in [-0.05, 0) is 52.2 Å². The highest BCUT2D eigenvalue weighted by Crippen LogP contribution is 2.28. The van der Waals surface area contributed by atoms with E-state index < -0.39 is 0 Å². The minimum atomic E-state index is -0.0848. The topological polar surface area (TPSA) is 26.7 Å². The molecule has 2 unspecified atom stereocenters. The second-order valence-electron chi connectivity index (χ2n) is 6.13. The number of hydrogen-bond donors (Lipinski definition) is 1. The predicted molar refractivity (Wildman–Crippen MR) is 71.1 cm³/mol. The molecule has 1 aliphatic heterocycles. The Morgan fingerprint density at radius 3 is 2.53 bits per heavy atom. The van der Waals surface area contributed by atoms with Gasteiger partial charge in [0.2, 0.25) is 0 Å². The van der Waals surface area contributed by atoms with Gasteiger partial charge < -0.3 is 10.0 Å². The van der Waals surface area contributed by atoms with E-state index in [4.69, 9.17) is 0 Å². The van der Waals surface area contributed by atoms with Crippen LogP contribution in [0.15, 0.2) is 0 Å². The van der Waals surface area contributed by atoms with E-state index in [0.29, 0.717) is 12.0 Å². The maximum atomic E-state index is 10.3. The van der Waals surface area contributed by atoms with Gasteiger partial charge in [0.15, 0.2) is 0 Å². The highest BCUT2D eigenvalue weighted by molar-refractivity contribution is 4.82. The minimum Gasteiger partial charge on any atom is -0.392 e. The summed E-state index contributed by atoms with van der Waals surface area (Å²) in [6.07, 6.45) is 7.63. The zero-order chi connectivity index (χ0) is 12.3. The van der Waals surface area contributed by atoms with Crippen molar-refractivity contribution in [2.45, 2.75) is 50.7 Å². The van der Waals surface area contributed by atoms with Gasteiger partial charge in [-0.1, -0.05) is 12.8 Å². The second-order valence-corrected chi connectivity index (χ2v) is 6.13. The van der Waals surface area contributed by atoms with Crippen molar-refractivity contribution in [2.24, 2.45) is 5.92 Å². The van der Waals surface area contributed by atoms with Crippen LogP contribution in [0.4, 0.5) is 0 Å². The average molecular weight is 240 g/mol. The molecule has 1 heterocycles. The van der Waals surface area contributed by atoms with Crippen molar-refractivity contribution in [3.8, 4) is 0 Å². The lowest BCUT2D eigenvalue weighted by atomic mass is 9.98. The normalized spacial score (nSPS) is 30.0. The molecule has 2 fully saturated rings. The van der Waals surface area contributed by atoms with E-state index in [0.717, 1.165) is 13.1 Å². The molecule has 0 spiro atoms. The summed E-state index contributed by atoms with van der Waals surface area (Å²) < 4.78 is 0. The SMILES string of the molecule is CN(C)C1CCCN(CC(O)C2CCCC2)C1. The third kappa shape index (κ3) is 3.67. The molecule has 1 saturated heterocycles. The van der Waals surface area contributed by atoms with Gasteiger partial charge in [-0.25, -0.2) is 0 Å². The third-order valence-electron chi connectivity index (χ3n) is 4.60. The number of nitrogens with zero attached hydrogens (tertiary/aromatic N) is 2. The molecule has 1 aliphatic carbocycles. The Morgan fingerprint density at radius 1 is 1.18 bits per heavy atom. The number of likely N-dealkylation sites (N-methyl/N-ethyl adjacent to an activating group) is 1. The standard InChI is InChI=1S/C14H28N2O/c1-15(2)13-8-5-9-16(10-13)11-14(17)12-6-3-4-7-12/h12-14,17H,3-11H2,1-2H3. The average Bonchev–Trinajstić information content (AvgIpc) is 2.82. The van der Waals surface area contributed by atoms with Crippen molar-refractivity contribution in [3.05, 3.63) is 0 Å². The molecular formula is C14H28N2O. The summed E-state index contributed by atoms with van der Waals surface area (Å²) in [5.41, 5.74) is 0. The van der Waals surface area contributed by atoms with E-state index in [9.17, 15) is 5.11 Å². The first-order chi connectivity index (χ1) is 8.16. The number of rotatable bonds is 4. The Kier molecular flexibility index (Phi) is 4.83. The van der Waals surface area contributed by atoms with Crippen molar-refractivity contribution in [3.63, 3.8) is 0 Å². The molecule has 2 atom stereocenters. The first-order valence-electron chi connectivity index (χ1n) is 7.23. The molecule has 0 bridgehead atoms. The van der Waals surface area contributed by atoms with E-state index in [1.54, 1.807) is 0 Å². The Labute approximate surface area is 106 Å². The van der Waals surface area contributed by atoms with Crippen molar-refractivity contribution in [2.75, 3.05) is 33.7 Å². The van der Waals surface area contributed by atoms with Crippen LogP contribution in [0.2, 0.25) is 0 Å². The highest BCUT2D eigenvalue weighted by Gasteiger charge is 2.27. The van der Waals surface area contributed by atoms with E-state index >= 15 is 0 Å². The molecular weight excluding hydrogens is 212 g/mol. The largest absolute Gasteiger partial charge is 0.392 e. The lowest BCUT2D eigenvalue weighted by molar-refractivity contribution is 0.0419. The molecule has 1 N–H and O–H groups in total. The molecule has 2 rings (SSSR count). The number of aliphatic hydroxyl groups excluding tert-OH is 1. The summed E-state index contributed by atoms with van der Waals surface area (Å²) in [6.45, 7) is 3.21. The van der Waals surface area contributed by atoms with Crippen molar-refractivity contribution < 1.29 is 5.11 Å². The number of piperidine rings is 1. The fraction of sp³-hybridized carbons (Fsp3) is 1.00. The number of likely N-dealkylation sites (tertiary alicyclic amines) is 1. The van der Waals surface area contributed by atoms with Crippen LogP contribution in [0.25, 0.3) is 0 Å². The fourth-order valence-corrected chi connectivity index (χ4v) is 3.37. The maximum Gasteiger partial charge on any atom is 0.0695 e. The van der Waals surface area contributed by atoms with Crippen LogP contribution in [-0.2, 0) is 0 Å². The quantitative estimate of drug-likeness (QED) is 0.808. The van der Waals surface area contributed by atoms with E-state index in [2.05, 4.69) is 23.9 Å². The highest BCUT2D eigenvalue weighted by atomic mass is 16.3. The Morgan fingerprint density at radius 2 is 1.88 bits per heavy atom. The van der Waals surface area contributed by atoms with Gasteiger partial charge in [0, 0.05) is 19.1 Å². The van der Waals surface area contributed by atoms with Crippen LogP contribution in [0.1, 0.15) is 38.5 Å². The van der Waals surface area contributed by atoms with Crippen LogP contribution >= 0.6 is 0 Å². The van der Waals surface area contributed by atoms with Crippen LogP contribution in [-0.4, -0.2) is 60.8 Å². The van der Waals surface area contributed by atoms with E-state index in [1.165, 1.54) is 45.1 Å². The third-order valence-corrected chi connectivity index (χ3v) is 4.60. The fourth-order valence-electron chi connectivity index (χ4n) is 3.37. The second kappa shape index (κ2) is 6.17. The van der Waals surface area contributed by atoms with Gasteiger partial charge in [0.25, 0.3) is 0 Å². The molecule has 0 radical (unpaired) electrons. The van der Waals surface area contributed by atoms with Crippen LogP contribution in [0.5, 0.6) is 0 Å². The van der Waals surface area contributed by atoms with Gasteiger partial charge in [-0.15, -0.1) is 0 Å². The number of hydrogen-bond acceptors (Lipinski definition) is 3. The zero-order valence-electron chi connectivity index (χ0n) is 11.4.